The van der Waals surface area contributed by atoms with Crippen molar-refractivity contribution >= 4 is 11.8 Å². The second kappa shape index (κ2) is 9.60. The van der Waals surface area contributed by atoms with Crippen molar-refractivity contribution in [1.29, 1.82) is 0 Å². The quantitative estimate of drug-likeness (QED) is 0.688. The van der Waals surface area contributed by atoms with Gasteiger partial charge in [-0.25, -0.2) is 9.18 Å². The molecule has 5 nitrogen and oxygen atoms in total. The van der Waals surface area contributed by atoms with Crippen LogP contribution < -0.4 is 0 Å². The summed E-state index contributed by atoms with van der Waals surface area (Å²) in [6, 6.07) is 4.92. The maximum atomic E-state index is 13.9. The summed E-state index contributed by atoms with van der Waals surface area (Å²) in [5.74, 6) is -0.510. The Kier molecular flexibility index (Phi) is 7.01. The number of carbonyl (C=O) groups excluding carboxylic acids is 1. The van der Waals surface area contributed by atoms with Gasteiger partial charge < -0.3 is 9.84 Å². The lowest BCUT2D eigenvalue weighted by Crippen LogP contribution is -2.53. The van der Waals surface area contributed by atoms with Crippen LogP contribution in [0.5, 0.6) is 0 Å². The molecule has 1 unspecified atom stereocenters. The van der Waals surface area contributed by atoms with Crippen molar-refractivity contribution in [2.75, 3.05) is 19.7 Å². The van der Waals surface area contributed by atoms with E-state index >= 15 is 0 Å². The van der Waals surface area contributed by atoms with Crippen LogP contribution in [-0.4, -0.2) is 53.1 Å². The summed E-state index contributed by atoms with van der Waals surface area (Å²) in [5.41, 5.74) is 0.166. The highest BCUT2D eigenvalue weighted by Crippen LogP contribution is 2.47. The molecule has 0 radical (unpaired) electrons. The molecular formula is C26H36FNO4. The average molecular weight is 446 g/mol. The third-order valence-corrected chi connectivity index (χ3v) is 7.98. The summed E-state index contributed by atoms with van der Waals surface area (Å²) >= 11 is 0. The van der Waals surface area contributed by atoms with Crippen LogP contribution >= 0.6 is 0 Å². The van der Waals surface area contributed by atoms with Crippen molar-refractivity contribution < 1.29 is 23.8 Å². The number of Topliss-reactive ketones (excluding diaryl/α,β-unsaturated/α-hetero) is 1. The van der Waals surface area contributed by atoms with Gasteiger partial charge in [0.05, 0.1) is 12.2 Å². The number of ether oxygens (including phenoxy) is 1. The molecule has 1 N–H and O–H groups in total. The number of hydrogen-bond acceptors (Lipinski definition) is 4. The van der Waals surface area contributed by atoms with E-state index in [0.29, 0.717) is 24.5 Å². The highest BCUT2D eigenvalue weighted by atomic mass is 19.1. The zero-order chi connectivity index (χ0) is 22.9. The van der Waals surface area contributed by atoms with E-state index in [1.54, 1.807) is 13.0 Å². The Morgan fingerprint density at radius 1 is 1.16 bits per heavy atom. The van der Waals surface area contributed by atoms with Crippen molar-refractivity contribution in [3.8, 4) is 0 Å². The van der Waals surface area contributed by atoms with Crippen molar-refractivity contribution in [3.05, 3.63) is 35.1 Å². The Labute approximate surface area is 190 Å². The summed E-state index contributed by atoms with van der Waals surface area (Å²) in [7, 11) is 0. The molecule has 6 heteroatoms. The van der Waals surface area contributed by atoms with E-state index in [4.69, 9.17) is 4.74 Å². The largest absolute Gasteiger partial charge is 0.478 e. The van der Waals surface area contributed by atoms with Crippen LogP contribution in [0.25, 0.3) is 0 Å². The van der Waals surface area contributed by atoms with Crippen molar-refractivity contribution in [2.24, 2.45) is 11.8 Å². The van der Waals surface area contributed by atoms with Gasteiger partial charge in [0.2, 0.25) is 0 Å². The second-order valence-electron chi connectivity index (χ2n) is 10.3. The molecule has 0 bridgehead atoms. The van der Waals surface area contributed by atoms with Gasteiger partial charge in [-0.2, -0.15) is 0 Å². The van der Waals surface area contributed by atoms with Crippen molar-refractivity contribution in [2.45, 2.75) is 82.8 Å². The summed E-state index contributed by atoms with van der Waals surface area (Å²) < 4.78 is 20.2. The number of benzene rings is 1. The number of carboxylic acid groups (broad SMARTS) is 1. The number of halogens is 1. The van der Waals surface area contributed by atoms with Gasteiger partial charge >= 0.3 is 5.97 Å². The van der Waals surface area contributed by atoms with E-state index < -0.39 is 17.4 Å². The summed E-state index contributed by atoms with van der Waals surface area (Å²) in [6.45, 7) is 6.58. The second-order valence-corrected chi connectivity index (χ2v) is 10.3. The van der Waals surface area contributed by atoms with E-state index in [0.717, 1.165) is 70.0 Å². The Bertz CT molecular complexity index is 844. The first-order chi connectivity index (χ1) is 15.3. The summed E-state index contributed by atoms with van der Waals surface area (Å²) in [6.07, 6.45) is 8.06. The van der Waals surface area contributed by atoms with Crippen LogP contribution in [0.3, 0.4) is 0 Å². The molecule has 1 aromatic carbocycles. The zero-order valence-corrected chi connectivity index (χ0v) is 19.3. The maximum absolute atomic E-state index is 13.9. The van der Waals surface area contributed by atoms with Gasteiger partial charge in [0.25, 0.3) is 0 Å². The minimum atomic E-state index is -1.21. The first-order valence-electron chi connectivity index (χ1n) is 12.2. The first kappa shape index (κ1) is 23.4. The molecule has 0 aromatic heterocycles. The normalized spacial score (nSPS) is 32.5. The van der Waals surface area contributed by atoms with Gasteiger partial charge in [0.1, 0.15) is 11.4 Å². The van der Waals surface area contributed by atoms with E-state index in [1.165, 1.54) is 12.1 Å². The van der Waals surface area contributed by atoms with E-state index in [1.807, 2.05) is 0 Å². The first-order valence-corrected chi connectivity index (χ1v) is 12.2. The highest BCUT2D eigenvalue weighted by molar-refractivity contribution is 5.88. The zero-order valence-electron chi connectivity index (χ0n) is 19.3. The lowest BCUT2D eigenvalue weighted by molar-refractivity contribution is -0.160. The van der Waals surface area contributed by atoms with Crippen LogP contribution in [0.1, 0.15) is 87.1 Å². The monoisotopic (exact) mass is 445 g/mol. The SMILES string of the molecule is CC(=O)[C@@]1(C2CC2)CC[C@@H](N2CCCC(c3ccc(F)c(C(=O)O)c3)CC[C@@H](C)C2)CO1. The van der Waals surface area contributed by atoms with E-state index in [9.17, 15) is 19.1 Å². The molecule has 176 valence electrons. The molecule has 4 atom stereocenters. The maximum Gasteiger partial charge on any atom is 0.338 e. The Morgan fingerprint density at radius 2 is 1.94 bits per heavy atom. The summed E-state index contributed by atoms with van der Waals surface area (Å²) in [4.78, 5) is 26.3. The van der Waals surface area contributed by atoms with E-state index in [-0.39, 0.29) is 17.3 Å². The minimum Gasteiger partial charge on any atom is -0.478 e. The van der Waals surface area contributed by atoms with Gasteiger partial charge in [-0.15, -0.1) is 0 Å². The number of ketones is 1. The Hall–Kier alpha value is -1.79. The standard InChI is InChI=1S/C26H36FNO4/c1-17-5-6-19(20-7-10-24(27)23(14-20)25(30)31)4-3-13-28(15-17)22-11-12-26(18(2)29,32-16-22)21-8-9-21/h7,10,14,17,19,21-22H,3-6,8-9,11-13,15-16H2,1-2H3,(H,30,31)/t17-,19?,22-,26-/m1/s1. The van der Waals surface area contributed by atoms with Crippen LogP contribution in [0, 0.1) is 17.7 Å². The van der Waals surface area contributed by atoms with Crippen molar-refractivity contribution in [1.82, 2.24) is 4.90 Å². The third kappa shape index (κ3) is 4.91. The number of carbonyl (C=O) groups is 2. The number of nitrogens with zero attached hydrogens (tertiary/aromatic N) is 1. The molecule has 2 aliphatic heterocycles. The Balaban J connectivity index is 1.40. The predicted molar refractivity (Wildman–Crippen MR) is 120 cm³/mol. The fourth-order valence-corrected chi connectivity index (χ4v) is 5.89. The number of aromatic carboxylic acids is 1. The van der Waals surface area contributed by atoms with Crippen LogP contribution in [0.2, 0.25) is 0 Å². The van der Waals surface area contributed by atoms with Crippen molar-refractivity contribution in [3.63, 3.8) is 0 Å². The molecule has 3 fully saturated rings. The third-order valence-electron chi connectivity index (χ3n) is 7.98. The van der Waals surface area contributed by atoms with Gasteiger partial charge in [0.15, 0.2) is 5.78 Å². The molecule has 2 heterocycles. The smallest absolute Gasteiger partial charge is 0.338 e. The molecule has 2 saturated heterocycles. The van der Waals surface area contributed by atoms with Crippen LogP contribution in [0.4, 0.5) is 4.39 Å². The Morgan fingerprint density at radius 3 is 2.56 bits per heavy atom. The van der Waals surface area contributed by atoms with E-state index in [2.05, 4.69) is 11.8 Å². The number of carboxylic acids is 1. The highest BCUT2D eigenvalue weighted by Gasteiger charge is 2.52. The molecule has 4 rings (SSSR count). The fraction of sp³-hybridized carbons (Fsp3) is 0.692. The molecule has 32 heavy (non-hydrogen) atoms. The lowest BCUT2D eigenvalue weighted by atomic mass is 9.83. The fourth-order valence-electron chi connectivity index (χ4n) is 5.89. The molecule has 3 aliphatic rings. The molecular weight excluding hydrogens is 409 g/mol. The van der Waals surface area contributed by atoms with Crippen LogP contribution in [-0.2, 0) is 9.53 Å². The molecule has 0 spiro atoms. The molecule has 1 aromatic rings. The van der Waals surface area contributed by atoms with Gasteiger partial charge in [-0.05, 0) is 100 Å². The number of rotatable bonds is 5. The number of hydrogen-bond donors (Lipinski definition) is 1. The van der Waals surface area contributed by atoms with Crippen LogP contribution in [0.15, 0.2) is 18.2 Å². The molecule has 1 saturated carbocycles. The predicted octanol–water partition coefficient (Wildman–Crippen LogP) is 5.04. The average Bonchev–Trinajstić information content (AvgIpc) is 3.60. The minimum absolute atomic E-state index is 0.194. The molecule has 0 amide bonds. The summed E-state index contributed by atoms with van der Waals surface area (Å²) in [5, 5.41) is 9.28. The van der Waals surface area contributed by atoms with Gasteiger partial charge in [-0.1, -0.05) is 13.0 Å². The molecule has 1 aliphatic carbocycles. The lowest BCUT2D eigenvalue weighted by Gasteiger charge is -2.43. The topological polar surface area (TPSA) is 66.8 Å². The van der Waals surface area contributed by atoms with Gasteiger partial charge in [-0.3, -0.25) is 9.69 Å². The van der Waals surface area contributed by atoms with Gasteiger partial charge in [0, 0.05) is 12.6 Å².